The van der Waals surface area contributed by atoms with Crippen molar-refractivity contribution in [3.05, 3.63) is 34.9 Å². The largest absolute Gasteiger partial charge is 0.315 e. The fourth-order valence-corrected chi connectivity index (χ4v) is 2.32. The van der Waals surface area contributed by atoms with Gasteiger partial charge in [-0.2, -0.15) is 0 Å². The second kappa shape index (κ2) is 5.65. The van der Waals surface area contributed by atoms with E-state index in [0.717, 1.165) is 19.6 Å². The molecule has 0 spiro atoms. The summed E-state index contributed by atoms with van der Waals surface area (Å²) in [6, 6.07) is 7.51. The monoisotopic (exact) mass is 232 g/mol. The second-order valence-electron chi connectivity index (χ2n) is 5.41. The highest BCUT2D eigenvalue weighted by molar-refractivity contribution is 5.32. The minimum atomic E-state index is 0.613. The molecule has 1 atom stereocenters. The third-order valence-electron chi connectivity index (χ3n) is 3.68. The molecule has 1 aliphatic heterocycles. The fraction of sp³-hybridized carbons (Fsp3) is 0.600. The molecule has 17 heavy (non-hydrogen) atoms. The SMILES string of the molecule is Cc1ccc(C(C)C)cc1CNC1CCNC1. The lowest BCUT2D eigenvalue weighted by molar-refractivity contribution is 0.546. The van der Waals surface area contributed by atoms with Crippen LogP contribution in [0.2, 0.25) is 0 Å². The first-order chi connectivity index (χ1) is 8.16. The molecule has 1 aliphatic rings. The molecule has 2 heteroatoms. The van der Waals surface area contributed by atoms with Crippen LogP contribution >= 0.6 is 0 Å². The maximum absolute atomic E-state index is 3.64. The first-order valence-corrected chi connectivity index (χ1v) is 6.70. The third kappa shape index (κ3) is 3.30. The number of hydrogen-bond acceptors (Lipinski definition) is 2. The molecule has 1 saturated heterocycles. The molecule has 0 aliphatic carbocycles. The third-order valence-corrected chi connectivity index (χ3v) is 3.68. The van der Waals surface area contributed by atoms with Crippen LogP contribution in [0.1, 0.15) is 42.9 Å². The van der Waals surface area contributed by atoms with Crippen molar-refractivity contribution in [2.75, 3.05) is 13.1 Å². The van der Waals surface area contributed by atoms with Gasteiger partial charge in [-0.05, 0) is 42.5 Å². The summed E-state index contributed by atoms with van der Waals surface area (Å²) in [7, 11) is 0. The summed E-state index contributed by atoms with van der Waals surface area (Å²) in [6.07, 6.45) is 1.25. The van der Waals surface area contributed by atoms with Crippen molar-refractivity contribution < 1.29 is 0 Å². The van der Waals surface area contributed by atoms with Crippen molar-refractivity contribution in [2.45, 2.75) is 45.7 Å². The molecule has 0 radical (unpaired) electrons. The van der Waals surface area contributed by atoms with Crippen LogP contribution < -0.4 is 10.6 Å². The summed E-state index contributed by atoms with van der Waals surface area (Å²) < 4.78 is 0. The van der Waals surface area contributed by atoms with Crippen molar-refractivity contribution in [1.82, 2.24) is 10.6 Å². The highest BCUT2D eigenvalue weighted by atomic mass is 15.0. The van der Waals surface area contributed by atoms with Crippen LogP contribution in [0.15, 0.2) is 18.2 Å². The molecule has 1 heterocycles. The number of hydrogen-bond donors (Lipinski definition) is 2. The Morgan fingerprint density at radius 2 is 2.24 bits per heavy atom. The van der Waals surface area contributed by atoms with Crippen LogP contribution in [-0.2, 0) is 6.54 Å². The number of aryl methyl sites for hydroxylation is 1. The average molecular weight is 232 g/mol. The van der Waals surface area contributed by atoms with Gasteiger partial charge in [0.1, 0.15) is 0 Å². The minimum Gasteiger partial charge on any atom is -0.315 e. The van der Waals surface area contributed by atoms with Gasteiger partial charge in [0.15, 0.2) is 0 Å². The van der Waals surface area contributed by atoms with Crippen LogP contribution in [0.25, 0.3) is 0 Å². The van der Waals surface area contributed by atoms with Crippen molar-refractivity contribution >= 4 is 0 Å². The molecule has 0 saturated carbocycles. The molecule has 2 rings (SSSR count). The molecule has 2 N–H and O–H groups in total. The van der Waals surface area contributed by atoms with Gasteiger partial charge in [0.25, 0.3) is 0 Å². The van der Waals surface area contributed by atoms with E-state index in [1.54, 1.807) is 0 Å². The van der Waals surface area contributed by atoms with Crippen LogP contribution in [0, 0.1) is 6.92 Å². The van der Waals surface area contributed by atoms with E-state index in [4.69, 9.17) is 0 Å². The molecule has 1 aromatic rings. The average Bonchev–Trinajstić information content (AvgIpc) is 2.80. The van der Waals surface area contributed by atoms with E-state index in [-0.39, 0.29) is 0 Å². The van der Waals surface area contributed by atoms with Gasteiger partial charge < -0.3 is 10.6 Å². The van der Waals surface area contributed by atoms with E-state index in [1.165, 1.54) is 23.1 Å². The lowest BCUT2D eigenvalue weighted by Gasteiger charge is -2.15. The van der Waals surface area contributed by atoms with E-state index in [1.807, 2.05) is 0 Å². The van der Waals surface area contributed by atoms with Crippen LogP contribution in [-0.4, -0.2) is 19.1 Å². The number of rotatable bonds is 4. The van der Waals surface area contributed by atoms with E-state index in [2.05, 4.69) is 49.6 Å². The molecule has 0 aromatic heterocycles. The van der Waals surface area contributed by atoms with E-state index in [9.17, 15) is 0 Å². The molecule has 2 nitrogen and oxygen atoms in total. The Morgan fingerprint density at radius 3 is 2.88 bits per heavy atom. The zero-order valence-corrected chi connectivity index (χ0v) is 11.2. The topological polar surface area (TPSA) is 24.1 Å². The van der Waals surface area contributed by atoms with Crippen LogP contribution in [0.3, 0.4) is 0 Å². The van der Waals surface area contributed by atoms with Gasteiger partial charge in [0.05, 0.1) is 0 Å². The number of benzene rings is 1. The molecule has 1 unspecified atom stereocenters. The Hall–Kier alpha value is -0.860. The van der Waals surface area contributed by atoms with Gasteiger partial charge in [0.2, 0.25) is 0 Å². The summed E-state index contributed by atoms with van der Waals surface area (Å²) in [5.74, 6) is 0.613. The Kier molecular flexibility index (Phi) is 4.19. The van der Waals surface area contributed by atoms with Crippen LogP contribution in [0.5, 0.6) is 0 Å². The quantitative estimate of drug-likeness (QED) is 0.833. The highest BCUT2D eigenvalue weighted by Crippen LogP contribution is 2.18. The van der Waals surface area contributed by atoms with Crippen molar-refractivity contribution in [2.24, 2.45) is 0 Å². The van der Waals surface area contributed by atoms with Gasteiger partial charge in [0, 0.05) is 19.1 Å². The van der Waals surface area contributed by atoms with E-state index in [0.29, 0.717) is 12.0 Å². The molecule has 1 aromatic carbocycles. The van der Waals surface area contributed by atoms with Gasteiger partial charge in [-0.3, -0.25) is 0 Å². The van der Waals surface area contributed by atoms with E-state index >= 15 is 0 Å². The Morgan fingerprint density at radius 1 is 1.41 bits per heavy atom. The van der Waals surface area contributed by atoms with Gasteiger partial charge in [-0.1, -0.05) is 32.0 Å². The van der Waals surface area contributed by atoms with Crippen LogP contribution in [0.4, 0.5) is 0 Å². The normalized spacial score (nSPS) is 20.1. The Balaban J connectivity index is 2.00. The predicted molar refractivity (Wildman–Crippen MR) is 73.4 cm³/mol. The van der Waals surface area contributed by atoms with Gasteiger partial charge >= 0.3 is 0 Å². The van der Waals surface area contributed by atoms with Crippen molar-refractivity contribution in [3.63, 3.8) is 0 Å². The Labute approximate surface area is 105 Å². The fourth-order valence-electron chi connectivity index (χ4n) is 2.32. The van der Waals surface area contributed by atoms with Crippen molar-refractivity contribution in [1.29, 1.82) is 0 Å². The lowest BCUT2D eigenvalue weighted by atomic mass is 9.97. The minimum absolute atomic E-state index is 0.613. The summed E-state index contributed by atoms with van der Waals surface area (Å²) in [6.45, 7) is 9.98. The second-order valence-corrected chi connectivity index (χ2v) is 5.41. The van der Waals surface area contributed by atoms with Gasteiger partial charge in [-0.25, -0.2) is 0 Å². The molecule has 0 amide bonds. The first-order valence-electron chi connectivity index (χ1n) is 6.70. The van der Waals surface area contributed by atoms with Gasteiger partial charge in [-0.15, -0.1) is 0 Å². The zero-order chi connectivity index (χ0) is 12.3. The summed E-state index contributed by atoms with van der Waals surface area (Å²) in [5, 5.41) is 7.03. The molecule has 1 fully saturated rings. The predicted octanol–water partition coefficient (Wildman–Crippen LogP) is 2.57. The standard InChI is InChI=1S/C15H24N2/c1-11(2)13-5-4-12(3)14(8-13)9-17-15-6-7-16-10-15/h4-5,8,11,15-17H,6-7,9-10H2,1-3H3. The first kappa shape index (κ1) is 12.6. The maximum Gasteiger partial charge on any atom is 0.0211 e. The number of nitrogens with one attached hydrogen (secondary N) is 2. The molecule has 0 bridgehead atoms. The smallest absolute Gasteiger partial charge is 0.0211 e. The summed E-state index contributed by atoms with van der Waals surface area (Å²) >= 11 is 0. The summed E-state index contributed by atoms with van der Waals surface area (Å²) in [4.78, 5) is 0. The molecule has 94 valence electrons. The highest BCUT2D eigenvalue weighted by Gasteiger charge is 2.13. The maximum atomic E-state index is 3.64. The van der Waals surface area contributed by atoms with E-state index < -0.39 is 0 Å². The lowest BCUT2D eigenvalue weighted by Crippen LogP contribution is -2.30. The molecular formula is C15H24N2. The zero-order valence-electron chi connectivity index (χ0n) is 11.2. The van der Waals surface area contributed by atoms with Crippen molar-refractivity contribution in [3.8, 4) is 0 Å². The summed E-state index contributed by atoms with van der Waals surface area (Å²) in [5.41, 5.74) is 4.29. The molecular weight excluding hydrogens is 208 g/mol. The Bertz CT molecular complexity index is 365.